The van der Waals surface area contributed by atoms with Crippen molar-refractivity contribution in [1.82, 2.24) is 9.88 Å². The van der Waals surface area contributed by atoms with Gasteiger partial charge in [0.1, 0.15) is 5.54 Å². The summed E-state index contributed by atoms with van der Waals surface area (Å²) in [7, 11) is 0. The molecule has 2 aromatic rings. The van der Waals surface area contributed by atoms with Gasteiger partial charge in [-0.2, -0.15) is 0 Å². The molecular weight excluding hydrogens is 268 g/mol. The lowest BCUT2D eigenvalue weighted by Gasteiger charge is -2.34. The first kappa shape index (κ1) is 15.0. The minimum Gasteiger partial charge on any atom is -0.480 e. The third-order valence-corrected chi connectivity index (χ3v) is 3.64. The van der Waals surface area contributed by atoms with Crippen molar-refractivity contribution in [3.05, 3.63) is 42.1 Å². The quantitative estimate of drug-likeness (QED) is 0.937. The molecule has 0 saturated carbocycles. The fraction of sp³-hybridized carbons (Fsp3) is 0.312. The Kier molecular flexibility index (Phi) is 3.93. The predicted octanol–water partition coefficient (Wildman–Crippen LogP) is 2.56. The molecule has 0 fully saturated rings. The van der Waals surface area contributed by atoms with E-state index in [0.29, 0.717) is 17.6 Å². The van der Waals surface area contributed by atoms with Gasteiger partial charge in [0.25, 0.3) is 5.91 Å². The maximum atomic E-state index is 12.8. The van der Waals surface area contributed by atoms with Crippen LogP contribution in [-0.2, 0) is 4.79 Å². The van der Waals surface area contributed by atoms with Crippen molar-refractivity contribution in [3.63, 3.8) is 0 Å². The number of aromatic nitrogens is 1. The second kappa shape index (κ2) is 5.52. The first-order chi connectivity index (χ1) is 9.89. The predicted molar refractivity (Wildman–Crippen MR) is 80.2 cm³/mol. The molecule has 1 aromatic carbocycles. The highest BCUT2D eigenvalue weighted by molar-refractivity contribution is 6.07. The molecule has 0 unspecified atom stereocenters. The molecule has 1 heterocycles. The molecule has 1 N–H and O–H groups in total. The average molecular weight is 286 g/mol. The zero-order valence-electron chi connectivity index (χ0n) is 12.3. The second-order valence-electron chi connectivity index (χ2n) is 5.29. The van der Waals surface area contributed by atoms with E-state index in [2.05, 4.69) is 4.98 Å². The maximum absolute atomic E-state index is 12.8. The van der Waals surface area contributed by atoms with E-state index >= 15 is 0 Å². The minimum absolute atomic E-state index is 0.302. The summed E-state index contributed by atoms with van der Waals surface area (Å²) < 4.78 is 0. The Labute approximate surface area is 123 Å². The van der Waals surface area contributed by atoms with E-state index < -0.39 is 11.5 Å². The number of aliphatic carboxylic acids is 1. The summed E-state index contributed by atoms with van der Waals surface area (Å²) in [4.78, 5) is 29.8. The number of carboxylic acid groups (broad SMARTS) is 1. The second-order valence-corrected chi connectivity index (χ2v) is 5.29. The molecule has 0 aliphatic heterocycles. The van der Waals surface area contributed by atoms with E-state index in [4.69, 9.17) is 0 Å². The number of likely N-dealkylation sites (N-methyl/N-ethyl adjacent to an activating group) is 1. The van der Waals surface area contributed by atoms with Crippen molar-refractivity contribution in [2.24, 2.45) is 0 Å². The first-order valence-corrected chi connectivity index (χ1v) is 6.78. The lowest BCUT2D eigenvalue weighted by atomic mass is 10.00. The van der Waals surface area contributed by atoms with Crippen LogP contribution in [0.4, 0.5) is 0 Å². The molecule has 110 valence electrons. The highest BCUT2D eigenvalue weighted by Crippen LogP contribution is 2.22. The number of para-hydroxylation sites is 1. The summed E-state index contributed by atoms with van der Waals surface area (Å²) in [5.41, 5.74) is -0.0831. The van der Waals surface area contributed by atoms with E-state index in [1.807, 2.05) is 24.3 Å². The first-order valence-electron chi connectivity index (χ1n) is 6.78. The largest absolute Gasteiger partial charge is 0.480 e. The lowest BCUT2D eigenvalue weighted by Crippen LogP contribution is -2.52. The van der Waals surface area contributed by atoms with Crippen molar-refractivity contribution in [1.29, 1.82) is 0 Å². The van der Waals surface area contributed by atoms with E-state index in [1.54, 1.807) is 19.2 Å². The van der Waals surface area contributed by atoms with Crippen molar-refractivity contribution in [2.75, 3.05) is 6.54 Å². The minimum atomic E-state index is -1.27. The van der Waals surface area contributed by atoms with Crippen molar-refractivity contribution in [2.45, 2.75) is 26.3 Å². The van der Waals surface area contributed by atoms with Crippen LogP contribution in [0.5, 0.6) is 0 Å². The van der Waals surface area contributed by atoms with Gasteiger partial charge in [0.2, 0.25) is 0 Å². The zero-order valence-corrected chi connectivity index (χ0v) is 12.3. The summed E-state index contributed by atoms with van der Waals surface area (Å²) in [6, 6.07) is 8.95. The number of amides is 1. The van der Waals surface area contributed by atoms with Crippen molar-refractivity contribution >= 4 is 22.8 Å². The molecule has 0 spiro atoms. The molecule has 0 atom stereocenters. The Morgan fingerprint density at radius 3 is 2.52 bits per heavy atom. The van der Waals surface area contributed by atoms with Crippen LogP contribution in [0.3, 0.4) is 0 Å². The molecule has 2 rings (SSSR count). The molecular formula is C16H18N2O3. The number of carbonyl (C=O) groups excluding carboxylic acids is 1. The third kappa shape index (κ3) is 2.59. The van der Waals surface area contributed by atoms with Crippen LogP contribution in [0.2, 0.25) is 0 Å². The standard InChI is InChI=1S/C16H18N2O3/c1-4-18(16(2,3)15(20)21)14(19)12-9-10-17-13-8-6-5-7-11(12)13/h5-10H,4H2,1-3H3,(H,20,21). The Morgan fingerprint density at radius 2 is 1.90 bits per heavy atom. The van der Waals surface area contributed by atoms with E-state index in [-0.39, 0.29) is 5.91 Å². The monoisotopic (exact) mass is 286 g/mol. The molecule has 0 radical (unpaired) electrons. The van der Waals surface area contributed by atoms with E-state index in [1.165, 1.54) is 18.7 Å². The van der Waals surface area contributed by atoms with Crippen LogP contribution in [0.25, 0.3) is 10.9 Å². The summed E-state index contributed by atoms with van der Waals surface area (Å²) in [6.07, 6.45) is 1.57. The fourth-order valence-electron chi connectivity index (χ4n) is 2.34. The van der Waals surface area contributed by atoms with Gasteiger partial charge in [0.05, 0.1) is 11.1 Å². The number of carbonyl (C=O) groups is 2. The van der Waals surface area contributed by atoms with Crippen LogP contribution in [0.1, 0.15) is 31.1 Å². The van der Waals surface area contributed by atoms with Gasteiger partial charge in [-0.3, -0.25) is 9.78 Å². The normalized spacial score (nSPS) is 11.4. The van der Waals surface area contributed by atoms with E-state index in [9.17, 15) is 14.7 Å². The molecule has 1 amide bonds. The molecule has 5 heteroatoms. The zero-order chi connectivity index (χ0) is 15.6. The molecule has 0 aliphatic rings. The molecule has 0 bridgehead atoms. The highest BCUT2D eigenvalue weighted by atomic mass is 16.4. The Hall–Kier alpha value is -2.43. The Morgan fingerprint density at radius 1 is 1.24 bits per heavy atom. The smallest absolute Gasteiger partial charge is 0.329 e. The van der Waals surface area contributed by atoms with Gasteiger partial charge in [-0.15, -0.1) is 0 Å². The van der Waals surface area contributed by atoms with Gasteiger partial charge in [-0.25, -0.2) is 4.79 Å². The summed E-state index contributed by atoms with van der Waals surface area (Å²) in [6.45, 7) is 5.14. The Balaban J connectivity index is 2.53. The number of benzene rings is 1. The lowest BCUT2D eigenvalue weighted by molar-refractivity contribution is -0.147. The molecule has 0 aliphatic carbocycles. The molecule has 21 heavy (non-hydrogen) atoms. The molecule has 5 nitrogen and oxygen atoms in total. The van der Waals surface area contributed by atoms with Crippen molar-refractivity contribution in [3.8, 4) is 0 Å². The highest BCUT2D eigenvalue weighted by Gasteiger charge is 2.37. The summed E-state index contributed by atoms with van der Waals surface area (Å²) in [5, 5.41) is 10.1. The van der Waals surface area contributed by atoms with Gasteiger partial charge in [0.15, 0.2) is 0 Å². The van der Waals surface area contributed by atoms with Gasteiger partial charge in [-0.1, -0.05) is 18.2 Å². The van der Waals surface area contributed by atoms with E-state index in [0.717, 1.165) is 5.39 Å². The number of hydrogen-bond donors (Lipinski definition) is 1. The molecule has 0 saturated heterocycles. The van der Waals surface area contributed by atoms with Crippen LogP contribution < -0.4 is 0 Å². The average Bonchev–Trinajstić information content (AvgIpc) is 2.46. The van der Waals surface area contributed by atoms with Gasteiger partial charge < -0.3 is 10.0 Å². The van der Waals surface area contributed by atoms with Crippen LogP contribution in [-0.4, -0.2) is 39.0 Å². The SMILES string of the molecule is CCN(C(=O)c1ccnc2ccccc12)C(C)(C)C(=O)O. The number of nitrogens with zero attached hydrogens (tertiary/aromatic N) is 2. The van der Waals surface area contributed by atoms with Crippen LogP contribution >= 0.6 is 0 Å². The van der Waals surface area contributed by atoms with Gasteiger partial charge in [-0.05, 0) is 32.9 Å². The fourth-order valence-corrected chi connectivity index (χ4v) is 2.34. The number of fused-ring (bicyclic) bond motifs is 1. The number of hydrogen-bond acceptors (Lipinski definition) is 3. The Bertz CT molecular complexity index is 689. The number of carboxylic acids is 1. The number of pyridine rings is 1. The van der Waals surface area contributed by atoms with Gasteiger partial charge >= 0.3 is 5.97 Å². The van der Waals surface area contributed by atoms with Gasteiger partial charge in [0, 0.05) is 18.1 Å². The van der Waals surface area contributed by atoms with Crippen molar-refractivity contribution < 1.29 is 14.7 Å². The summed E-state index contributed by atoms with van der Waals surface area (Å²) >= 11 is 0. The maximum Gasteiger partial charge on any atom is 0.329 e. The topological polar surface area (TPSA) is 70.5 Å². The summed E-state index contributed by atoms with van der Waals surface area (Å²) in [5.74, 6) is -1.33. The van der Waals surface area contributed by atoms with Crippen LogP contribution in [0, 0.1) is 0 Å². The molecule has 1 aromatic heterocycles. The van der Waals surface area contributed by atoms with Crippen LogP contribution in [0.15, 0.2) is 36.5 Å². The number of rotatable bonds is 4. The third-order valence-electron chi connectivity index (χ3n) is 3.64.